The number of rotatable bonds is 4. The van der Waals surface area contributed by atoms with Crippen molar-refractivity contribution in [3.63, 3.8) is 0 Å². The summed E-state index contributed by atoms with van der Waals surface area (Å²) in [5.74, 6) is 4.79. The number of hydrogen-bond donors (Lipinski definition) is 3. The molecule has 106 valence electrons. The standard InChI is InChI=1S/C12H11FIN3O2S/c13-8-1-6-12(11(14)7-8)17-20(18,19)10-4-2-9(16-15)3-5-10/h1-7,16-17H,15H2. The van der Waals surface area contributed by atoms with E-state index in [1.54, 1.807) is 12.1 Å². The highest BCUT2D eigenvalue weighted by molar-refractivity contribution is 14.1. The maximum atomic E-state index is 13.0. The van der Waals surface area contributed by atoms with Gasteiger partial charge in [0.25, 0.3) is 10.0 Å². The number of nitrogen functional groups attached to an aromatic ring is 1. The fraction of sp³-hybridized carbons (Fsp3) is 0. The minimum Gasteiger partial charge on any atom is -0.324 e. The smallest absolute Gasteiger partial charge is 0.261 e. The van der Waals surface area contributed by atoms with E-state index < -0.39 is 15.8 Å². The summed E-state index contributed by atoms with van der Waals surface area (Å²) in [6.07, 6.45) is 0. The molecule has 0 heterocycles. The molecule has 0 aromatic heterocycles. The summed E-state index contributed by atoms with van der Waals surface area (Å²) in [6.45, 7) is 0. The van der Waals surface area contributed by atoms with E-state index in [2.05, 4.69) is 10.1 Å². The van der Waals surface area contributed by atoms with E-state index in [1.165, 1.54) is 30.3 Å². The van der Waals surface area contributed by atoms with E-state index in [9.17, 15) is 12.8 Å². The Morgan fingerprint density at radius 3 is 2.30 bits per heavy atom. The minimum absolute atomic E-state index is 0.0941. The van der Waals surface area contributed by atoms with Crippen molar-refractivity contribution in [1.29, 1.82) is 0 Å². The van der Waals surface area contributed by atoms with E-state index in [4.69, 9.17) is 5.84 Å². The Balaban J connectivity index is 2.30. The van der Waals surface area contributed by atoms with Gasteiger partial charge in [-0.25, -0.2) is 12.8 Å². The molecule has 0 aliphatic carbocycles. The number of anilines is 2. The summed E-state index contributed by atoms with van der Waals surface area (Å²) >= 11 is 1.86. The number of benzene rings is 2. The molecule has 0 atom stereocenters. The molecular formula is C12H11FIN3O2S. The van der Waals surface area contributed by atoms with Crippen molar-refractivity contribution in [2.75, 3.05) is 10.1 Å². The molecule has 0 saturated heterocycles. The zero-order chi connectivity index (χ0) is 14.8. The maximum absolute atomic E-state index is 13.0. The predicted molar refractivity (Wildman–Crippen MR) is 84.2 cm³/mol. The zero-order valence-electron chi connectivity index (χ0n) is 10.1. The van der Waals surface area contributed by atoms with Crippen LogP contribution in [-0.2, 0) is 10.0 Å². The van der Waals surface area contributed by atoms with Crippen LogP contribution in [0.1, 0.15) is 0 Å². The number of nitrogens with one attached hydrogen (secondary N) is 2. The van der Waals surface area contributed by atoms with Gasteiger partial charge in [-0.15, -0.1) is 0 Å². The second kappa shape index (κ2) is 5.94. The molecular weight excluding hydrogens is 396 g/mol. The first-order valence-electron chi connectivity index (χ1n) is 5.47. The normalized spacial score (nSPS) is 11.2. The van der Waals surface area contributed by atoms with Gasteiger partial charge in [-0.3, -0.25) is 10.6 Å². The van der Waals surface area contributed by atoms with Gasteiger partial charge in [0.2, 0.25) is 0 Å². The summed E-state index contributed by atoms with van der Waals surface area (Å²) in [6, 6.07) is 9.77. The van der Waals surface area contributed by atoms with E-state index in [0.29, 0.717) is 14.9 Å². The number of nitrogens with two attached hydrogens (primary N) is 1. The Bertz CT molecular complexity index is 720. The van der Waals surface area contributed by atoms with Gasteiger partial charge in [0, 0.05) is 9.26 Å². The Labute approximate surface area is 129 Å². The van der Waals surface area contributed by atoms with Crippen molar-refractivity contribution in [3.05, 3.63) is 51.9 Å². The summed E-state index contributed by atoms with van der Waals surface area (Å²) in [4.78, 5) is 0.0941. The van der Waals surface area contributed by atoms with Crippen molar-refractivity contribution in [2.45, 2.75) is 4.90 Å². The van der Waals surface area contributed by atoms with Gasteiger partial charge in [-0.1, -0.05) is 0 Å². The Kier molecular flexibility index (Phi) is 4.45. The molecule has 0 spiro atoms. The second-order valence-corrected chi connectivity index (χ2v) is 6.74. The van der Waals surface area contributed by atoms with Crippen molar-refractivity contribution < 1.29 is 12.8 Å². The molecule has 2 aromatic carbocycles. The van der Waals surface area contributed by atoms with Crippen molar-refractivity contribution in [2.24, 2.45) is 5.84 Å². The first kappa shape index (κ1) is 15.0. The molecule has 0 saturated carbocycles. The van der Waals surface area contributed by atoms with Crippen LogP contribution in [0.3, 0.4) is 0 Å². The predicted octanol–water partition coefficient (Wildman–Crippen LogP) is 2.52. The molecule has 5 nitrogen and oxygen atoms in total. The third-order valence-corrected chi connectivity index (χ3v) is 4.78. The SMILES string of the molecule is NNc1ccc(S(=O)(=O)Nc2ccc(F)cc2I)cc1. The molecule has 0 fully saturated rings. The maximum Gasteiger partial charge on any atom is 0.261 e. The van der Waals surface area contributed by atoms with Gasteiger partial charge in [-0.05, 0) is 65.1 Å². The van der Waals surface area contributed by atoms with E-state index in [1.807, 2.05) is 22.6 Å². The van der Waals surface area contributed by atoms with Crippen LogP contribution in [0.2, 0.25) is 0 Å². The van der Waals surface area contributed by atoms with Crippen LogP contribution < -0.4 is 16.0 Å². The number of halogens is 2. The first-order valence-corrected chi connectivity index (χ1v) is 8.03. The van der Waals surface area contributed by atoms with Gasteiger partial charge in [0.05, 0.1) is 10.6 Å². The quantitative estimate of drug-likeness (QED) is 0.413. The highest BCUT2D eigenvalue weighted by atomic mass is 127. The molecule has 0 bridgehead atoms. The van der Waals surface area contributed by atoms with Crippen LogP contribution >= 0.6 is 22.6 Å². The van der Waals surface area contributed by atoms with Crippen LogP contribution in [0.25, 0.3) is 0 Å². The van der Waals surface area contributed by atoms with Gasteiger partial charge in [0.1, 0.15) is 5.82 Å². The highest BCUT2D eigenvalue weighted by Gasteiger charge is 2.15. The topological polar surface area (TPSA) is 84.2 Å². The Morgan fingerprint density at radius 2 is 1.75 bits per heavy atom. The lowest BCUT2D eigenvalue weighted by atomic mass is 10.3. The summed E-state index contributed by atoms with van der Waals surface area (Å²) < 4.78 is 40.2. The zero-order valence-corrected chi connectivity index (χ0v) is 13.1. The number of hydrogen-bond acceptors (Lipinski definition) is 4. The van der Waals surface area contributed by atoms with Crippen LogP contribution in [0.15, 0.2) is 47.4 Å². The lowest BCUT2D eigenvalue weighted by Crippen LogP contribution is -2.14. The molecule has 0 amide bonds. The molecule has 0 aliphatic heterocycles. The molecule has 8 heteroatoms. The van der Waals surface area contributed by atoms with Crippen molar-refractivity contribution in [1.82, 2.24) is 0 Å². The molecule has 0 radical (unpaired) electrons. The van der Waals surface area contributed by atoms with Crippen molar-refractivity contribution >= 4 is 44.0 Å². The number of hydrazine groups is 1. The average molecular weight is 407 g/mol. The third-order valence-electron chi connectivity index (χ3n) is 2.51. The van der Waals surface area contributed by atoms with E-state index in [0.717, 1.165) is 0 Å². The highest BCUT2D eigenvalue weighted by Crippen LogP contribution is 2.23. The fourth-order valence-corrected chi connectivity index (χ4v) is 3.38. The Hall–Kier alpha value is -1.39. The minimum atomic E-state index is -3.72. The molecule has 0 aliphatic rings. The molecule has 2 rings (SSSR count). The molecule has 4 N–H and O–H groups in total. The van der Waals surface area contributed by atoms with E-state index >= 15 is 0 Å². The molecule has 20 heavy (non-hydrogen) atoms. The summed E-state index contributed by atoms with van der Waals surface area (Å²) in [7, 11) is -3.72. The third kappa shape index (κ3) is 3.38. The van der Waals surface area contributed by atoms with Crippen LogP contribution in [0.5, 0.6) is 0 Å². The average Bonchev–Trinajstić information content (AvgIpc) is 2.42. The molecule has 2 aromatic rings. The van der Waals surface area contributed by atoms with Crippen LogP contribution in [-0.4, -0.2) is 8.42 Å². The lowest BCUT2D eigenvalue weighted by molar-refractivity contribution is 0.601. The summed E-state index contributed by atoms with van der Waals surface area (Å²) in [5.41, 5.74) is 3.34. The lowest BCUT2D eigenvalue weighted by Gasteiger charge is -2.10. The van der Waals surface area contributed by atoms with Crippen LogP contribution in [0, 0.1) is 9.39 Å². The van der Waals surface area contributed by atoms with Gasteiger partial charge < -0.3 is 5.43 Å². The number of sulfonamides is 1. The first-order chi connectivity index (χ1) is 9.42. The van der Waals surface area contributed by atoms with Crippen molar-refractivity contribution in [3.8, 4) is 0 Å². The van der Waals surface area contributed by atoms with Crippen LogP contribution in [0.4, 0.5) is 15.8 Å². The monoisotopic (exact) mass is 407 g/mol. The second-order valence-electron chi connectivity index (χ2n) is 3.90. The van der Waals surface area contributed by atoms with Gasteiger partial charge in [0.15, 0.2) is 0 Å². The van der Waals surface area contributed by atoms with Gasteiger partial charge in [-0.2, -0.15) is 0 Å². The summed E-state index contributed by atoms with van der Waals surface area (Å²) in [5, 5.41) is 0. The molecule has 0 unspecified atom stereocenters. The fourth-order valence-electron chi connectivity index (χ4n) is 1.51. The largest absolute Gasteiger partial charge is 0.324 e. The van der Waals surface area contributed by atoms with E-state index in [-0.39, 0.29) is 4.90 Å². The Morgan fingerprint density at radius 1 is 1.10 bits per heavy atom. The van der Waals surface area contributed by atoms with Gasteiger partial charge >= 0.3 is 0 Å².